The summed E-state index contributed by atoms with van der Waals surface area (Å²) < 4.78 is 5.29. The molecule has 2 aliphatic carbocycles. The summed E-state index contributed by atoms with van der Waals surface area (Å²) in [6.07, 6.45) is 10.9. The number of hydrogen-bond acceptors (Lipinski definition) is 2. The van der Waals surface area contributed by atoms with Crippen molar-refractivity contribution in [2.75, 3.05) is 40.4 Å². The molecule has 4 nitrogen and oxygen atoms in total. The maximum absolute atomic E-state index is 5.29. The summed E-state index contributed by atoms with van der Waals surface area (Å²) in [5.74, 6) is 1.13. The van der Waals surface area contributed by atoms with Crippen LogP contribution in [-0.2, 0) is 4.74 Å². The number of rotatable bonds is 5. The molecule has 3 fully saturated rings. The summed E-state index contributed by atoms with van der Waals surface area (Å²) in [6, 6.07) is 0. The summed E-state index contributed by atoms with van der Waals surface area (Å²) in [6.45, 7) is 4.35. The molecule has 128 valence electrons. The highest BCUT2D eigenvalue weighted by molar-refractivity contribution is 14.0. The second-order valence-corrected chi connectivity index (χ2v) is 7.52. The zero-order valence-corrected chi connectivity index (χ0v) is 16.5. The molecule has 3 aliphatic rings. The van der Waals surface area contributed by atoms with Crippen molar-refractivity contribution < 1.29 is 4.74 Å². The van der Waals surface area contributed by atoms with Gasteiger partial charge in [0.2, 0.25) is 0 Å². The normalized spacial score (nSPS) is 25.4. The topological polar surface area (TPSA) is 36.9 Å². The average molecular weight is 421 g/mol. The zero-order valence-electron chi connectivity index (χ0n) is 14.2. The SMILES string of the molecule is CN=C(NCC1(CCOC)CCC1)N1CCC2(CCC2)C1.I. The Morgan fingerprint density at radius 3 is 2.36 bits per heavy atom. The number of ether oxygens (including phenoxy) is 1. The Kier molecular flexibility index (Phi) is 6.39. The van der Waals surface area contributed by atoms with Crippen molar-refractivity contribution in [3.05, 3.63) is 0 Å². The molecule has 0 unspecified atom stereocenters. The third kappa shape index (κ3) is 3.71. The lowest BCUT2D eigenvalue weighted by Crippen LogP contribution is -2.48. The van der Waals surface area contributed by atoms with Crippen molar-refractivity contribution in [1.29, 1.82) is 0 Å². The van der Waals surface area contributed by atoms with Crippen LogP contribution in [0.3, 0.4) is 0 Å². The Hall–Kier alpha value is -0.0400. The Labute approximate surface area is 152 Å². The molecule has 0 aromatic rings. The first-order chi connectivity index (χ1) is 10.2. The summed E-state index contributed by atoms with van der Waals surface area (Å²) in [5.41, 5.74) is 1.10. The number of nitrogens with zero attached hydrogens (tertiary/aromatic N) is 2. The first-order valence-corrected chi connectivity index (χ1v) is 8.66. The molecule has 0 bridgehead atoms. The van der Waals surface area contributed by atoms with E-state index in [1.807, 2.05) is 7.05 Å². The number of guanidine groups is 1. The lowest BCUT2D eigenvalue weighted by Gasteiger charge is -2.43. The Bertz CT molecular complexity index is 391. The van der Waals surface area contributed by atoms with Crippen molar-refractivity contribution in [2.24, 2.45) is 15.8 Å². The van der Waals surface area contributed by atoms with Crippen molar-refractivity contribution in [1.82, 2.24) is 10.2 Å². The number of likely N-dealkylation sites (tertiary alicyclic amines) is 1. The van der Waals surface area contributed by atoms with Gasteiger partial charge in [0.15, 0.2) is 5.96 Å². The monoisotopic (exact) mass is 421 g/mol. The molecular weight excluding hydrogens is 389 g/mol. The lowest BCUT2D eigenvalue weighted by atomic mass is 9.67. The predicted octanol–water partition coefficient (Wildman–Crippen LogP) is 3.26. The van der Waals surface area contributed by atoms with Crippen molar-refractivity contribution in [3.8, 4) is 0 Å². The summed E-state index contributed by atoms with van der Waals surface area (Å²) in [5, 5.41) is 3.67. The quantitative estimate of drug-likeness (QED) is 0.421. The maximum atomic E-state index is 5.29. The fourth-order valence-electron chi connectivity index (χ4n) is 4.31. The summed E-state index contributed by atoms with van der Waals surface area (Å²) >= 11 is 0. The maximum Gasteiger partial charge on any atom is 0.193 e. The third-order valence-corrected chi connectivity index (χ3v) is 6.24. The second kappa shape index (κ2) is 7.69. The highest BCUT2D eigenvalue weighted by Crippen LogP contribution is 2.48. The van der Waals surface area contributed by atoms with Gasteiger partial charge in [0, 0.05) is 40.4 Å². The molecule has 1 saturated heterocycles. The minimum atomic E-state index is 0. The lowest BCUT2D eigenvalue weighted by molar-refractivity contribution is 0.0725. The van der Waals surface area contributed by atoms with Crippen molar-refractivity contribution in [2.45, 2.75) is 51.4 Å². The van der Waals surface area contributed by atoms with E-state index >= 15 is 0 Å². The molecule has 1 aliphatic heterocycles. The van der Waals surface area contributed by atoms with Gasteiger partial charge < -0.3 is 15.0 Å². The van der Waals surface area contributed by atoms with Gasteiger partial charge in [-0.3, -0.25) is 4.99 Å². The molecule has 5 heteroatoms. The molecule has 0 atom stereocenters. The van der Waals surface area contributed by atoms with E-state index in [1.165, 1.54) is 64.5 Å². The molecule has 0 radical (unpaired) electrons. The molecular formula is C17H32IN3O. The van der Waals surface area contributed by atoms with E-state index < -0.39 is 0 Å². The van der Waals surface area contributed by atoms with Crippen LogP contribution < -0.4 is 5.32 Å². The van der Waals surface area contributed by atoms with Crippen molar-refractivity contribution in [3.63, 3.8) is 0 Å². The smallest absolute Gasteiger partial charge is 0.193 e. The molecule has 0 aromatic heterocycles. The van der Waals surface area contributed by atoms with Gasteiger partial charge in [0.05, 0.1) is 0 Å². The fourth-order valence-corrected chi connectivity index (χ4v) is 4.31. The standard InChI is InChI=1S/C17H31N3O.HI/c1-18-15(20-11-9-17(14-20)7-4-8-17)19-13-16(5-3-6-16)10-12-21-2;/h3-14H2,1-2H3,(H,18,19);1H. The largest absolute Gasteiger partial charge is 0.385 e. The molecule has 1 spiro atoms. The summed E-state index contributed by atoms with van der Waals surface area (Å²) in [7, 11) is 3.73. The van der Waals surface area contributed by atoms with E-state index in [9.17, 15) is 0 Å². The predicted molar refractivity (Wildman–Crippen MR) is 102 cm³/mol. The number of hydrogen-bond donors (Lipinski definition) is 1. The van der Waals surface area contributed by atoms with E-state index in [-0.39, 0.29) is 24.0 Å². The third-order valence-electron chi connectivity index (χ3n) is 6.24. The minimum Gasteiger partial charge on any atom is -0.385 e. The second-order valence-electron chi connectivity index (χ2n) is 7.52. The molecule has 1 heterocycles. The first-order valence-electron chi connectivity index (χ1n) is 8.66. The zero-order chi connectivity index (χ0) is 14.8. The number of aliphatic imine (C=N–C) groups is 1. The van der Waals surface area contributed by atoms with Crippen LogP contribution in [-0.4, -0.2) is 51.3 Å². The molecule has 3 rings (SSSR count). The Morgan fingerprint density at radius 2 is 1.91 bits per heavy atom. The van der Waals surface area contributed by atoms with E-state index in [2.05, 4.69) is 15.2 Å². The van der Waals surface area contributed by atoms with E-state index in [0.717, 1.165) is 19.1 Å². The van der Waals surface area contributed by atoms with E-state index in [0.29, 0.717) is 10.8 Å². The van der Waals surface area contributed by atoms with Crippen LogP contribution in [0, 0.1) is 10.8 Å². The van der Waals surface area contributed by atoms with Gasteiger partial charge in [-0.2, -0.15) is 0 Å². The number of methoxy groups -OCH3 is 1. The van der Waals surface area contributed by atoms with Crippen LogP contribution in [0.25, 0.3) is 0 Å². The number of halogens is 1. The van der Waals surface area contributed by atoms with Crippen molar-refractivity contribution >= 4 is 29.9 Å². The van der Waals surface area contributed by atoms with Crippen LogP contribution in [0.1, 0.15) is 51.4 Å². The molecule has 0 amide bonds. The number of nitrogens with one attached hydrogen (secondary N) is 1. The molecule has 1 N–H and O–H groups in total. The molecule has 2 saturated carbocycles. The fraction of sp³-hybridized carbons (Fsp3) is 0.941. The molecule has 22 heavy (non-hydrogen) atoms. The average Bonchev–Trinajstić information content (AvgIpc) is 2.86. The minimum absolute atomic E-state index is 0. The highest BCUT2D eigenvalue weighted by atomic mass is 127. The highest BCUT2D eigenvalue weighted by Gasteiger charge is 2.44. The summed E-state index contributed by atoms with van der Waals surface area (Å²) in [4.78, 5) is 7.02. The van der Waals surface area contributed by atoms with Crippen LogP contribution in [0.5, 0.6) is 0 Å². The van der Waals surface area contributed by atoms with E-state index in [1.54, 1.807) is 7.11 Å². The van der Waals surface area contributed by atoms with Gasteiger partial charge in [0.1, 0.15) is 0 Å². The van der Waals surface area contributed by atoms with Gasteiger partial charge in [-0.25, -0.2) is 0 Å². The van der Waals surface area contributed by atoms with E-state index in [4.69, 9.17) is 4.74 Å². The van der Waals surface area contributed by atoms with Crippen LogP contribution in [0.4, 0.5) is 0 Å². The van der Waals surface area contributed by atoms with Crippen LogP contribution in [0.15, 0.2) is 4.99 Å². The molecule has 0 aromatic carbocycles. The van der Waals surface area contributed by atoms with Gasteiger partial charge in [-0.05, 0) is 49.4 Å². The van der Waals surface area contributed by atoms with Gasteiger partial charge in [0.25, 0.3) is 0 Å². The van der Waals surface area contributed by atoms with Crippen LogP contribution in [0.2, 0.25) is 0 Å². The Balaban J connectivity index is 0.00000176. The van der Waals surface area contributed by atoms with Crippen LogP contribution >= 0.6 is 24.0 Å². The first kappa shape index (κ1) is 18.3. The van der Waals surface area contributed by atoms with Gasteiger partial charge >= 0.3 is 0 Å². The Morgan fingerprint density at radius 1 is 1.18 bits per heavy atom. The van der Waals surface area contributed by atoms with Gasteiger partial charge in [-0.15, -0.1) is 24.0 Å². The van der Waals surface area contributed by atoms with Gasteiger partial charge in [-0.1, -0.05) is 12.8 Å².